The van der Waals surface area contributed by atoms with Gasteiger partial charge in [0.25, 0.3) is 0 Å². The van der Waals surface area contributed by atoms with Crippen molar-refractivity contribution in [1.29, 1.82) is 0 Å². The van der Waals surface area contributed by atoms with E-state index < -0.39 is 11.7 Å². The van der Waals surface area contributed by atoms with Crippen molar-refractivity contribution < 1.29 is 18.3 Å². The second-order valence-corrected chi connectivity index (χ2v) is 6.37. The van der Waals surface area contributed by atoms with Crippen LogP contribution in [0.3, 0.4) is 0 Å². The van der Waals surface area contributed by atoms with Gasteiger partial charge in [0.2, 0.25) is 5.13 Å². The van der Waals surface area contributed by atoms with E-state index >= 15 is 0 Å². The Morgan fingerprint density at radius 1 is 1.12 bits per heavy atom. The van der Waals surface area contributed by atoms with Crippen LogP contribution in [0.15, 0.2) is 52.9 Å². The van der Waals surface area contributed by atoms with Gasteiger partial charge in [0.15, 0.2) is 0 Å². The third-order valence-electron chi connectivity index (χ3n) is 3.56. The molecular weight excluding hydrogens is 363 g/mol. The van der Waals surface area contributed by atoms with Gasteiger partial charge in [-0.05, 0) is 42.3 Å². The van der Waals surface area contributed by atoms with Gasteiger partial charge in [0.05, 0.1) is 17.5 Å². The Morgan fingerprint density at radius 3 is 2.42 bits per heavy atom. The molecule has 0 radical (unpaired) electrons. The summed E-state index contributed by atoms with van der Waals surface area (Å²) in [6.07, 6.45) is -2.94. The average molecular weight is 377 g/mol. The predicted molar refractivity (Wildman–Crippen MR) is 96.6 cm³/mol. The van der Waals surface area contributed by atoms with E-state index in [0.29, 0.717) is 21.8 Å². The fourth-order valence-corrected chi connectivity index (χ4v) is 2.89. The summed E-state index contributed by atoms with van der Waals surface area (Å²) in [7, 11) is 0. The minimum atomic E-state index is -4.37. The van der Waals surface area contributed by atoms with Gasteiger partial charge in [-0.15, -0.1) is 11.3 Å². The standard InChI is InChI=1S/C18H14F3N3OS/c1-11-10-26-17(23-11)24-22-9-14-8-13(4-7-16(14)25)12-2-5-15(6-3-12)18(19,20)21/h2-10,25H,1H3,(H,23,24). The van der Waals surface area contributed by atoms with Crippen molar-refractivity contribution in [1.82, 2.24) is 4.98 Å². The normalized spacial score (nSPS) is 11.8. The number of hydrazone groups is 1. The van der Waals surface area contributed by atoms with Crippen LogP contribution >= 0.6 is 11.3 Å². The highest BCUT2D eigenvalue weighted by Crippen LogP contribution is 2.31. The third kappa shape index (κ3) is 4.20. The number of phenols is 1. The van der Waals surface area contributed by atoms with Crippen molar-refractivity contribution in [3.8, 4) is 16.9 Å². The first-order valence-electron chi connectivity index (χ1n) is 7.55. The Labute approximate surface area is 151 Å². The Kier molecular flexibility index (Phi) is 4.94. The molecule has 4 nitrogen and oxygen atoms in total. The number of aryl methyl sites for hydroxylation is 1. The Morgan fingerprint density at radius 2 is 1.81 bits per heavy atom. The first kappa shape index (κ1) is 17.9. The molecular formula is C18H14F3N3OS. The summed E-state index contributed by atoms with van der Waals surface area (Å²) < 4.78 is 38.0. The van der Waals surface area contributed by atoms with Gasteiger partial charge in [-0.1, -0.05) is 18.2 Å². The molecule has 0 saturated heterocycles. The molecule has 1 aromatic heterocycles. The van der Waals surface area contributed by atoms with Gasteiger partial charge in [-0.25, -0.2) is 4.98 Å². The lowest BCUT2D eigenvalue weighted by atomic mass is 10.0. The minimum absolute atomic E-state index is 0.0153. The molecule has 0 amide bonds. The monoisotopic (exact) mass is 377 g/mol. The topological polar surface area (TPSA) is 57.5 Å². The molecule has 0 unspecified atom stereocenters. The summed E-state index contributed by atoms with van der Waals surface area (Å²) in [6, 6.07) is 9.61. The van der Waals surface area contributed by atoms with Gasteiger partial charge < -0.3 is 5.11 Å². The van der Waals surface area contributed by atoms with Crippen LogP contribution in [0.1, 0.15) is 16.8 Å². The molecule has 0 atom stereocenters. The molecule has 26 heavy (non-hydrogen) atoms. The van der Waals surface area contributed by atoms with Crippen LogP contribution in [0.5, 0.6) is 5.75 Å². The molecule has 0 aliphatic rings. The molecule has 3 aromatic rings. The average Bonchev–Trinajstić information content (AvgIpc) is 3.01. The molecule has 0 fully saturated rings. The lowest BCUT2D eigenvalue weighted by Crippen LogP contribution is -2.04. The number of rotatable bonds is 4. The zero-order valence-corrected chi connectivity index (χ0v) is 14.4. The van der Waals surface area contributed by atoms with Gasteiger partial charge >= 0.3 is 6.18 Å². The van der Waals surface area contributed by atoms with Crippen LogP contribution < -0.4 is 5.43 Å². The summed E-state index contributed by atoms with van der Waals surface area (Å²) in [4.78, 5) is 4.20. The molecule has 8 heteroatoms. The number of aromatic nitrogens is 1. The SMILES string of the molecule is Cc1csc(NN=Cc2cc(-c3ccc(C(F)(F)F)cc3)ccc2O)n1. The van der Waals surface area contributed by atoms with Crippen LogP contribution in [-0.4, -0.2) is 16.3 Å². The molecule has 3 rings (SSSR count). The quantitative estimate of drug-likeness (QED) is 0.480. The van der Waals surface area contributed by atoms with E-state index in [2.05, 4.69) is 15.5 Å². The van der Waals surface area contributed by atoms with E-state index in [0.717, 1.165) is 17.8 Å². The zero-order chi connectivity index (χ0) is 18.7. The zero-order valence-electron chi connectivity index (χ0n) is 13.6. The van der Waals surface area contributed by atoms with E-state index in [1.807, 2.05) is 12.3 Å². The van der Waals surface area contributed by atoms with Crippen LogP contribution in [0.2, 0.25) is 0 Å². The number of phenolic OH excluding ortho intramolecular Hbond substituents is 1. The first-order valence-corrected chi connectivity index (χ1v) is 8.43. The number of benzene rings is 2. The smallest absolute Gasteiger partial charge is 0.416 e. The van der Waals surface area contributed by atoms with Crippen LogP contribution in [0.25, 0.3) is 11.1 Å². The summed E-state index contributed by atoms with van der Waals surface area (Å²) >= 11 is 1.40. The summed E-state index contributed by atoms with van der Waals surface area (Å²) in [5, 5.41) is 16.5. The maximum Gasteiger partial charge on any atom is 0.416 e. The maximum atomic E-state index is 12.7. The highest BCUT2D eigenvalue weighted by Gasteiger charge is 2.29. The van der Waals surface area contributed by atoms with E-state index in [9.17, 15) is 18.3 Å². The lowest BCUT2D eigenvalue weighted by molar-refractivity contribution is -0.137. The second-order valence-electron chi connectivity index (χ2n) is 5.51. The number of nitrogens with zero attached hydrogens (tertiary/aromatic N) is 2. The largest absolute Gasteiger partial charge is 0.507 e. The van der Waals surface area contributed by atoms with E-state index in [-0.39, 0.29) is 5.75 Å². The summed E-state index contributed by atoms with van der Waals surface area (Å²) in [6.45, 7) is 1.87. The molecule has 0 aliphatic heterocycles. The van der Waals surface area contributed by atoms with Gasteiger partial charge in [-0.3, -0.25) is 5.43 Å². The maximum absolute atomic E-state index is 12.7. The predicted octanol–water partition coefficient (Wildman–Crippen LogP) is 5.29. The van der Waals surface area contributed by atoms with E-state index in [1.165, 1.54) is 35.8 Å². The van der Waals surface area contributed by atoms with Gasteiger partial charge in [0, 0.05) is 10.9 Å². The molecule has 134 valence electrons. The number of alkyl halides is 3. The minimum Gasteiger partial charge on any atom is -0.507 e. The van der Waals surface area contributed by atoms with Gasteiger partial charge in [0.1, 0.15) is 5.75 Å². The van der Waals surface area contributed by atoms with E-state index in [1.54, 1.807) is 12.1 Å². The fraction of sp³-hybridized carbons (Fsp3) is 0.111. The lowest BCUT2D eigenvalue weighted by Gasteiger charge is -2.09. The highest BCUT2D eigenvalue weighted by atomic mass is 32.1. The first-order chi connectivity index (χ1) is 12.3. The Hall–Kier alpha value is -2.87. The number of anilines is 1. The Bertz CT molecular complexity index is 934. The third-order valence-corrected chi connectivity index (χ3v) is 4.42. The number of nitrogens with one attached hydrogen (secondary N) is 1. The summed E-state index contributed by atoms with van der Waals surface area (Å²) in [5.41, 5.74) is 4.65. The summed E-state index contributed by atoms with van der Waals surface area (Å²) in [5.74, 6) is 0.0153. The van der Waals surface area contributed by atoms with Crippen molar-refractivity contribution >= 4 is 22.7 Å². The number of hydrogen-bond acceptors (Lipinski definition) is 5. The van der Waals surface area contributed by atoms with E-state index in [4.69, 9.17) is 0 Å². The van der Waals surface area contributed by atoms with Gasteiger partial charge in [-0.2, -0.15) is 18.3 Å². The second kappa shape index (κ2) is 7.17. The molecule has 2 N–H and O–H groups in total. The van der Waals surface area contributed by atoms with Crippen molar-refractivity contribution in [2.75, 3.05) is 5.43 Å². The molecule has 0 bridgehead atoms. The van der Waals surface area contributed by atoms with Crippen molar-refractivity contribution in [2.45, 2.75) is 13.1 Å². The van der Waals surface area contributed by atoms with Crippen LogP contribution in [0, 0.1) is 6.92 Å². The van der Waals surface area contributed by atoms with Crippen LogP contribution in [-0.2, 0) is 6.18 Å². The number of hydrogen-bond donors (Lipinski definition) is 2. The molecule has 0 aliphatic carbocycles. The van der Waals surface area contributed by atoms with Crippen molar-refractivity contribution in [2.24, 2.45) is 5.10 Å². The highest BCUT2D eigenvalue weighted by molar-refractivity contribution is 7.13. The van der Waals surface area contributed by atoms with Crippen molar-refractivity contribution in [3.63, 3.8) is 0 Å². The molecule has 0 saturated carbocycles. The van der Waals surface area contributed by atoms with Crippen molar-refractivity contribution in [3.05, 3.63) is 64.7 Å². The number of thiazole rings is 1. The fourth-order valence-electron chi connectivity index (χ4n) is 2.25. The molecule has 1 heterocycles. The van der Waals surface area contributed by atoms with Crippen LogP contribution in [0.4, 0.5) is 18.3 Å². The Balaban J connectivity index is 1.81. The number of aromatic hydroxyl groups is 1. The number of halogens is 3. The molecule has 0 spiro atoms. The molecule has 2 aromatic carbocycles.